The molecule has 4 aliphatic carbocycles. The number of hydrogen-bond donors (Lipinski definition) is 0. The van der Waals surface area contributed by atoms with Gasteiger partial charge in [-0.1, -0.05) is 0 Å². The van der Waals surface area contributed by atoms with Crippen LogP contribution in [0.15, 0.2) is 0 Å². The molecule has 0 aromatic rings. The molecule has 0 N–H and O–H groups in total. The molecule has 4 bridgehead atoms. The van der Waals surface area contributed by atoms with Crippen molar-refractivity contribution < 1.29 is 22.1 Å². The van der Waals surface area contributed by atoms with Crippen LogP contribution in [0.2, 0.25) is 0 Å². The van der Waals surface area contributed by atoms with Gasteiger partial charge >= 0.3 is 11.9 Å². The van der Waals surface area contributed by atoms with Gasteiger partial charge in [0.25, 0.3) is 0 Å². The van der Waals surface area contributed by atoms with Gasteiger partial charge in [-0.3, -0.25) is 4.79 Å². The Kier molecular flexibility index (Phi) is 4.45. The normalized spacial score (nSPS) is 40.1. The molecule has 21 heavy (non-hydrogen) atoms. The second kappa shape index (κ2) is 6.02. The van der Waals surface area contributed by atoms with Crippen molar-refractivity contribution in [2.75, 3.05) is 13.2 Å². The summed E-state index contributed by atoms with van der Waals surface area (Å²) in [5, 5.41) is 0. The molecular weight excluding hydrogens is 387 g/mol. The van der Waals surface area contributed by atoms with Crippen LogP contribution in [0.25, 0.3) is 0 Å². The Morgan fingerprint density at radius 1 is 1.19 bits per heavy atom. The van der Waals surface area contributed by atoms with Crippen LogP contribution in [-0.4, -0.2) is 31.3 Å². The zero-order valence-corrected chi connectivity index (χ0v) is 14.3. The lowest BCUT2D eigenvalue weighted by molar-refractivity contribution is -0.184. The van der Waals surface area contributed by atoms with Crippen molar-refractivity contribution in [3.63, 3.8) is 0 Å². The molecule has 118 valence electrons. The Labute approximate surface area is 138 Å². The van der Waals surface area contributed by atoms with Gasteiger partial charge in [0, 0.05) is 12.3 Å². The van der Waals surface area contributed by atoms with Crippen LogP contribution in [0.1, 0.15) is 39.0 Å². The first-order chi connectivity index (χ1) is 10.0. The van der Waals surface area contributed by atoms with E-state index in [1.807, 2.05) is 0 Å². The average Bonchev–Trinajstić information content (AvgIpc) is 2.43. The summed E-state index contributed by atoms with van der Waals surface area (Å²) in [6.45, 7) is 2.07. The lowest BCUT2D eigenvalue weighted by Gasteiger charge is -2.59. The SMILES string of the molecule is CC(=O)OCC12CC3CC(C1)C(OCC(=O)OI)C(C3)C2. The van der Waals surface area contributed by atoms with Crippen LogP contribution in [0.3, 0.4) is 0 Å². The molecule has 0 aromatic carbocycles. The molecule has 0 aliphatic heterocycles. The molecule has 2 unspecified atom stereocenters. The molecule has 5 nitrogen and oxygen atoms in total. The zero-order valence-electron chi connectivity index (χ0n) is 12.2. The van der Waals surface area contributed by atoms with E-state index in [0.29, 0.717) is 18.4 Å². The fourth-order valence-electron chi connectivity index (χ4n) is 5.04. The lowest BCUT2D eigenvalue weighted by Crippen LogP contribution is -2.56. The summed E-state index contributed by atoms with van der Waals surface area (Å²) in [5.41, 5.74) is 0.159. The number of halogens is 1. The van der Waals surface area contributed by atoms with E-state index in [9.17, 15) is 9.59 Å². The molecule has 0 aromatic heterocycles. The van der Waals surface area contributed by atoms with Crippen LogP contribution in [0, 0.1) is 23.2 Å². The molecule has 4 fully saturated rings. The highest BCUT2D eigenvalue weighted by Crippen LogP contribution is 2.60. The van der Waals surface area contributed by atoms with E-state index in [1.54, 1.807) is 23.0 Å². The molecule has 0 amide bonds. The highest BCUT2D eigenvalue weighted by molar-refractivity contribution is 14.1. The van der Waals surface area contributed by atoms with E-state index in [0.717, 1.165) is 18.8 Å². The lowest BCUT2D eigenvalue weighted by atomic mass is 9.49. The molecular formula is C15H21IO5. The fraction of sp³-hybridized carbons (Fsp3) is 0.867. The Morgan fingerprint density at radius 2 is 1.86 bits per heavy atom. The Morgan fingerprint density at radius 3 is 2.43 bits per heavy atom. The number of carbonyl (C=O) groups is 2. The summed E-state index contributed by atoms with van der Waals surface area (Å²) in [7, 11) is 0. The largest absolute Gasteiger partial charge is 0.465 e. The van der Waals surface area contributed by atoms with Gasteiger partial charge in [0.2, 0.25) is 0 Å². The minimum absolute atomic E-state index is 0.0439. The maximum Gasteiger partial charge on any atom is 0.341 e. The third kappa shape index (κ3) is 3.21. The molecule has 0 saturated heterocycles. The van der Waals surface area contributed by atoms with Gasteiger partial charge in [-0.15, -0.1) is 0 Å². The van der Waals surface area contributed by atoms with Crippen molar-refractivity contribution in [2.24, 2.45) is 23.2 Å². The van der Waals surface area contributed by atoms with E-state index < -0.39 is 0 Å². The predicted molar refractivity (Wildman–Crippen MR) is 82.5 cm³/mol. The summed E-state index contributed by atoms with van der Waals surface area (Å²) in [6.07, 6.45) is 5.82. The van der Waals surface area contributed by atoms with Gasteiger partial charge in [-0.2, -0.15) is 0 Å². The second-order valence-corrected chi connectivity index (χ2v) is 7.42. The molecule has 4 rings (SSSR count). The summed E-state index contributed by atoms with van der Waals surface area (Å²) in [5.74, 6) is 1.21. The van der Waals surface area contributed by atoms with Gasteiger partial charge in [0.1, 0.15) is 6.61 Å². The molecule has 6 heteroatoms. The van der Waals surface area contributed by atoms with Crippen molar-refractivity contribution in [3.05, 3.63) is 0 Å². The van der Waals surface area contributed by atoms with Crippen molar-refractivity contribution in [2.45, 2.75) is 45.1 Å². The summed E-state index contributed by atoms with van der Waals surface area (Å²) in [6, 6.07) is 0. The third-order valence-electron chi connectivity index (χ3n) is 5.37. The highest BCUT2D eigenvalue weighted by atomic mass is 127. The average molecular weight is 408 g/mol. The number of rotatable bonds is 5. The molecule has 0 radical (unpaired) electrons. The van der Waals surface area contributed by atoms with Gasteiger partial charge in [-0.25, -0.2) is 4.79 Å². The van der Waals surface area contributed by atoms with Gasteiger partial charge in [0.05, 0.1) is 12.7 Å². The van der Waals surface area contributed by atoms with Gasteiger partial charge in [-0.05, 0) is 49.9 Å². The summed E-state index contributed by atoms with van der Waals surface area (Å²) in [4.78, 5) is 22.4. The molecule has 0 spiro atoms. The molecule has 4 aliphatic rings. The summed E-state index contributed by atoms with van der Waals surface area (Å²) < 4.78 is 15.8. The minimum atomic E-state index is -0.320. The number of carbonyl (C=O) groups excluding carboxylic acids is 2. The van der Waals surface area contributed by atoms with Crippen molar-refractivity contribution in [3.8, 4) is 0 Å². The monoisotopic (exact) mass is 408 g/mol. The van der Waals surface area contributed by atoms with E-state index >= 15 is 0 Å². The zero-order chi connectivity index (χ0) is 15.0. The number of ether oxygens (including phenoxy) is 2. The smallest absolute Gasteiger partial charge is 0.341 e. The van der Waals surface area contributed by atoms with E-state index in [1.165, 1.54) is 26.2 Å². The van der Waals surface area contributed by atoms with Crippen LogP contribution in [0.4, 0.5) is 0 Å². The topological polar surface area (TPSA) is 61.8 Å². The van der Waals surface area contributed by atoms with Crippen LogP contribution in [0.5, 0.6) is 0 Å². The Hall–Kier alpha value is -0.370. The minimum Gasteiger partial charge on any atom is -0.465 e. The summed E-state index contributed by atoms with van der Waals surface area (Å²) >= 11 is 1.59. The van der Waals surface area contributed by atoms with Crippen molar-refractivity contribution in [1.82, 2.24) is 0 Å². The van der Waals surface area contributed by atoms with E-state index in [-0.39, 0.29) is 30.1 Å². The highest BCUT2D eigenvalue weighted by Gasteiger charge is 2.56. The van der Waals surface area contributed by atoms with Crippen molar-refractivity contribution >= 4 is 34.9 Å². The maximum atomic E-state index is 11.3. The fourth-order valence-corrected chi connectivity index (χ4v) is 5.16. The van der Waals surface area contributed by atoms with E-state index in [4.69, 9.17) is 9.47 Å². The van der Waals surface area contributed by atoms with Crippen LogP contribution in [-0.2, 0) is 22.1 Å². The number of hydrogen-bond acceptors (Lipinski definition) is 5. The second-order valence-electron chi connectivity index (χ2n) is 6.97. The Balaban J connectivity index is 1.64. The third-order valence-corrected chi connectivity index (χ3v) is 5.87. The van der Waals surface area contributed by atoms with Crippen LogP contribution < -0.4 is 0 Å². The quantitative estimate of drug-likeness (QED) is 0.517. The standard InChI is InChI=1S/C15H21IO5/c1-9(17)20-8-15-4-10-2-11(5-15)14(12(3-10)6-15)19-7-13(18)21-16/h10-12,14H,2-8H2,1H3. The van der Waals surface area contributed by atoms with Crippen LogP contribution >= 0.6 is 23.0 Å². The van der Waals surface area contributed by atoms with Crippen molar-refractivity contribution in [1.29, 1.82) is 0 Å². The maximum absolute atomic E-state index is 11.3. The molecule has 0 heterocycles. The van der Waals surface area contributed by atoms with Gasteiger partial charge < -0.3 is 12.5 Å². The molecule has 2 atom stereocenters. The first-order valence-electron chi connectivity index (χ1n) is 7.58. The first-order valence-corrected chi connectivity index (χ1v) is 8.46. The Bertz CT molecular complexity index is 422. The predicted octanol–water partition coefficient (Wildman–Crippen LogP) is 2.65. The first kappa shape index (κ1) is 15.5. The van der Waals surface area contributed by atoms with Gasteiger partial charge in [0.15, 0.2) is 23.0 Å². The molecule has 4 saturated carbocycles. The number of esters is 1. The van der Waals surface area contributed by atoms with E-state index in [2.05, 4.69) is 3.07 Å².